The molecule has 1 atom stereocenters. The average Bonchev–Trinajstić information content (AvgIpc) is 2.37. The summed E-state index contributed by atoms with van der Waals surface area (Å²) >= 11 is 0. The predicted octanol–water partition coefficient (Wildman–Crippen LogP) is 4.14. The van der Waals surface area contributed by atoms with Gasteiger partial charge in [-0.3, -0.25) is 0 Å². The molecule has 0 aliphatic heterocycles. The Hall–Kier alpha value is -0.860. The smallest absolute Gasteiger partial charge is 0.0713 e. The fraction of sp³-hybridized carbons (Fsp3) is 0.647. The van der Waals surface area contributed by atoms with Crippen molar-refractivity contribution in [2.24, 2.45) is 5.92 Å². The average molecular weight is 263 g/mol. The summed E-state index contributed by atoms with van der Waals surface area (Å²) in [7, 11) is 1.74. The van der Waals surface area contributed by atoms with Crippen LogP contribution < -0.4 is 5.32 Å². The van der Waals surface area contributed by atoms with Crippen LogP contribution in [0.25, 0.3) is 0 Å². The quantitative estimate of drug-likeness (QED) is 0.723. The van der Waals surface area contributed by atoms with Crippen molar-refractivity contribution in [3.8, 4) is 0 Å². The molecule has 19 heavy (non-hydrogen) atoms. The maximum atomic E-state index is 5.16. The molecule has 1 aromatic rings. The maximum Gasteiger partial charge on any atom is 0.0713 e. The highest BCUT2D eigenvalue weighted by atomic mass is 16.5. The van der Waals surface area contributed by atoms with Crippen LogP contribution in [0.15, 0.2) is 24.3 Å². The zero-order valence-corrected chi connectivity index (χ0v) is 12.9. The fourth-order valence-electron chi connectivity index (χ4n) is 2.22. The standard InChI is InChI=1S/C17H29NO/c1-14(2)7-5-8-15(3)18-12-16-9-6-10-17(11-16)13-19-4/h6,9-11,14-15,18H,5,7-8,12-13H2,1-4H3. The van der Waals surface area contributed by atoms with E-state index < -0.39 is 0 Å². The highest BCUT2D eigenvalue weighted by Gasteiger charge is 2.03. The second-order valence-corrected chi connectivity index (χ2v) is 5.86. The molecule has 2 nitrogen and oxygen atoms in total. The molecule has 0 saturated carbocycles. The van der Waals surface area contributed by atoms with Gasteiger partial charge in [-0.15, -0.1) is 0 Å². The zero-order valence-electron chi connectivity index (χ0n) is 12.9. The van der Waals surface area contributed by atoms with Crippen LogP contribution in [0.1, 0.15) is 51.2 Å². The number of benzene rings is 1. The van der Waals surface area contributed by atoms with Gasteiger partial charge < -0.3 is 10.1 Å². The molecule has 0 heterocycles. The Balaban J connectivity index is 2.29. The van der Waals surface area contributed by atoms with Crippen molar-refractivity contribution in [2.45, 2.75) is 59.2 Å². The molecule has 0 spiro atoms. The molecule has 0 radical (unpaired) electrons. The van der Waals surface area contributed by atoms with E-state index in [9.17, 15) is 0 Å². The summed E-state index contributed by atoms with van der Waals surface area (Å²) in [6, 6.07) is 9.20. The second-order valence-electron chi connectivity index (χ2n) is 5.86. The Morgan fingerprint density at radius 2 is 1.84 bits per heavy atom. The van der Waals surface area contributed by atoms with Gasteiger partial charge in [0, 0.05) is 19.7 Å². The van der Waals surface area contributed by atoms with Crippen LogP contribution in [0.5, 0.6) is 0 Å². The van der Waals surface area contributed by atoms with E-state index in [4.69, 9.17) is 4.74 Å². The molecule has 1 aromatic carbocycles. The van der Waals surface area contributed by atoms with E-state index in [1.807, 2.05) is 0 Å². The van der Waals surface area contributed by atoms with E-state index in [1.165, 1.54) is 30.4 Å². The molecular weight excluding hydrogens is 234 g/mol. The molecule has 0 bridgehead atoms. The van der Waals surface area contributed by atoms with E-state index in [2.05, 4.69) is 50.4 Å². The molecule has 0 fully saturated rings. The topological polar surface area (TPSA) is 21.3 Å². The van der Waals surface area contributed by atoms with E-state index >= 15 is 0 Å². The summed E-state index contributed by atoms with van der Waals surface area (Å²) < 4.78 is 5.16. The van der Waals surface area contributed by atoms with Crippen LogP contribution in [0.4, 0.5) is 0 Å². The molecule has 108 valence electrons. The number of rotatable bonds is 9. The lowest BCUT2D eigenvalue weighted by atomic mass is 10.0. The Bertz CT molecular complexity index is 349. The number of hydrogen-bond acceptors (Lipinski definition) is 2. The molecule has 1 rings (SSSR count). The summed E-state index contributed by atoms with van der Waals surface area (Å²) in [5.41, 5.74) is 2.58. The van der Waals surface area contributed by atoms with Gasteiger partial charge in [0.05, 0.1) is 6.61 Å². The minimum absolute atomic E-state index is 0.588. The van der Waals surface area contributed by atoms with E-state index in [1.54, 1.807) is 7.11 Å². The van der Waals surface area contributed by atoms with Crippen LogP contribution in [0.2, 0.25) is 0 Å². The Kier molecular flexibility index (Phi) is 7.76. The number of hydrogen-bond donors (Lipinski definition) is 1. The maximum absolute atomic E-state index is 5.16. The van der Waals surface area contributed by atoms with Crippen LogP contribution in [-0.4, -0.2) is 13.2 Å². The normalized spacial score (nSPS) is 12.9. The van der Waals surface area contributed by atoms with E-state index in [0.29, 0.717) is 12.6 Å². The first-order valence-corrected chi connectivity index (χ1v) is 7.42. The van der Waals surface area contributed by atoms with Gasteiger partial charge in [-0.25, -0.2) is 0 Å². The molecule has 0 aliphatic carbocycles. The third-order valence-corrected chi connectivity index (χ3v) is 3.38. The monoisotopic (exact) mass is 263 g/mol. The van der Waals surface area contributed by atoms with Crippen LogP contribution >= 0.6 is 0 Å². The molecule has 0 saturated heterocycles. The molecule has 1 unspecified atom stereocenters. The summed E-state index contributed by atoms with van der Waals surface area (Å²) in [6.45, 7) is 8.50. The molecule has 0 aliphatic rings. The number of nitrogens with one attached hydrogen (secondary N) is 1. The molecule has 0 aromatic heterocycles. The minimum Gasteiger partial charge on any atom is -0.380 e. The summed E-state index contributed by atoms with van der Waals surface area (Å²) in [4.78, 5) is 0. The van der Waals surface area contributed by atoms with Gasteiger partial charge in [0.15, 0.2) is 0 Å². The SMILES string of the molecule is COCc1cccc(CNC(C)CCCC(C)C)c1. The molecule has 1 N–H and O–H groups in total. The second kappa shape index (κ2) is 9.11. The van der Waals surface area contributed by atoms with Crippen molar-refractivity contribution in [1.29, 1.82) is 0 Å². The molecular formula is C17H29NO. The lowest BCUT2D eigenvalue weighted by Gasteiger charge is -2.15. The van der Waals surface area contributed by atoms with Gasteiger partial charge >= 0.3 is 0 Å². The molecule has 2 heteroatoms. The first-order chi connectivity index (χ1) is 9.11. The minimum atomic E-state index is 0.588. The van der Waals surface area contributed by atoms with Crippen molar-refractivity contribution in [1.82, 2.24) is 5.32 Å². The third-order valence-electron chi connectivity index (χ3n) is 3.38. The highest BCUT2D eigenvalue weighted by Crippen LogP contribution is 2.10. The lowest BCUT2D eigenvalue weighted by molar-refractivity contribution is 0.185. The fourth-order valence-corrected chi connectivity index (χ4v) is 2.22. The third kappa shape index (κ3) is 7.34. The molecule has 0 amide bonds. The zero-order chi connectivity index (χ0) is 14.1. The van der Waals surface area contributed by atoms with Crippen molar-refractivity contribution in [2.75, 3.05) is 7.11 Å². The lowest BCUT2D eigenvalue weighted by Crippen LogP contribution is -2.25. The van der Waals surface area contributed by atoms with Crippen molar-refractivity contribution >= 4 is 0 Å². The Labute approximate surface area is 118 Å². The van der Waals surface area contributed by atoms with Gasteiger partial charge in [0.2, 0.25) is 0 Å². The Morgan fingerprint density at radius 1 is 1.11 bits per heavy atom. The van der Waals surface area contributed by atoms with Crippen molar-refractivity contribution in [3.63, 3.8) is 0 Å². The highest BCUT2D eigenvalue weighted by molar-refractivity contribution is 5.22. The number of methoxy groups -OCH3 is 1. The predicted molar refractivity (Wildman–Crippen MR) is 82.1 cm³/mol. The van der Waals surface area contributed by atoms with Crippen molar-refractivity contribution < 1.29 is 4.74 Å². The summed E-state index contributed by atoms with van der Waals surface area (Å²) in [5.74, 6) is 0.818. The van der Waals surface area contributed by atoms with Crippen LogP contribution in [0.3, 0.4) is 0 Å². The van der Waals surface area contributed by atoms with Gasteiger partial charge in [-0.05, 0) is 30.4 Å². The van der Waals surface area contributed by atoms with E-state index in [-0.39, 0.29) is 0 Å². The first kappa shape index (κ1) is 16.2. The largest absolute Gasteiger partial charge is 0.380 e. The summed E-state index contributed by atoms with van der Waals surface area (Å²) in [6.07, 6.45) is 3.90. The summed E-state index contributed by atoms with van der Waals surface area (Å²) in [5, 5.41) is 3.60. The van der Waals surface area contributed by atoms with Crippen LogP contribution in [-0.2, 0) is 17.9 Å². The van der Waals surface area contributed by atoms with E-state index in [0.717, 1.165) is 12.5 Å². The van der Waals surface area contributed by atoms with Gasteiger partial charge in [-0.2, -0.15) is 0 Å². The Morgan fingerprint density at radius 3 is 2.53 bits per heavy atom. The van der Waals surface area contributed by atoms with Gasteiger partial charge in [0.25, 0.3) is 0 Å². The first-order valence-electron chi connectivity index (χ1n) is 7.42. The number of ether oxygens (including phenoxy) is 1. The van der Waals surface area contributed by atoms with Crippen molar-refractivity contribution in [3.05, 3.63) is 35.4 Å². The van der Waals surface area contributed by atoms with Crippen LogP contribution in [0, 0.1) is 5.92 Å². The van der Waals surface area contributed by atoms with Gasteiger partial charge in [-0.1, -0.05) is 51.0 Å². The van der Waals surface area contributed by atoms with Gasteiger partial charge in [0.1, 0.15) is 0 Å².